The van der Waals surface area contributed by atoms with Gasteiger partial charge in [0, 0.05) is 23.7 Å². The Labute approximate surface area is 124 Å². The van der Waals surface area contributed by atoms with E-state index in [-0.39, 0.29) is 0 Å². The van der Waals surface area contributed by atoms with Gasteiger partial charge >= 0.3 is 0 Å². The van der Waals surface area contributed by atoms with Crippen LogP contribution in [0.4, 0.5) is 5.69 Å². The number of para-hydroxylation sites is 1. The van der Waals surface area contributed by atoms with Gasteiger partial charge in [-0.2, -0.15) is 0 Å². The van der Waals surface area contributed by atoms with E-state index in [0.29, 0.717) is 6.04 Å². The molecule has 3 rings (SSSR count). The summed E-state index contributed by atoms with van der Waals surface area (Å²) < 4.78 is 3.98. The van der Waals surface area contributed by atoms with Crippen LogP contribution in [0.25, 0.3) is 0 Å². The molecule has 5 heteroatoms. The average molecular weight is 288 g/mol. The minimum absolute atomic E-state index is 0.578. The SMILES string of the molecule is CN(C)C1CCc2ccccc2N(Cc2csnn2)C1. The molecule has 0 bridgehead atoms. The normalized spacial score (nSPS) is 18.9. The summed E-state index contributed by atoms with van der Waals surface area (Å²) in [7, 11) is 4.34. The number of aromatic nitrogens is 2. The predicted molar refractivity (Wildman–Crippen MR) is 83.2 cm³/mol. The van der Waals surface area contributed by atoms with Crippen molar-refractivity contribution >= 4 is 17.2 Å². The maximum absolute atomic E-state index is 4.20. The van der Waals surface area contributed by atoms with Crippen molar-refractivity contribution in [3.05, 3.63) is 40.9 Å². The third kappa shape index (κ3) is 2.83. The highest BCUT2D eigenvalue weighted by Crippen LogP contribution is 2.28. The quantitative estimate of drug-likeness (QED) is 0.868. The van der Waals surface area contributed by atoms with Crippen molar-refractivity contribution in [2.24, 2.45) is 0 Å². The van der Waals surface area contributed by atoms with Gasteiger partial charge in [-0.15, -0.1) is 5.10 Å². The first-order valence-electron chi connectivity index (χ1n) is 6.99. The smallest absolute Gasteiger partial charge is 0.0948 e. The fourth-order valence-electron chi connectivity index (χ4n) is 2.82. The molecule has 1 unspecified atom stereocenters. The Morgan fingerprint density at radius 2 is 2.20 bits per heavy atom. The first-order valence-corrected chi connectivity index (χ1v) is 7.83. The number of aryl methyl sites for hydroxylation is 1. The van der Waals surface area contributed by atoms with E-state index in [0.717, 1.165) is 25.2 Å². The number of hydrogen-bond acceptors (Lipinski definition) is 5. The van der Waals surface area contributed by atoms with Crippen LogP contribution in [0.1, 0.15) is 17.7 Å². The number of benzene rings is 1. The van der Waals surface area contributed by atoms with Crippen LogP contribution in [-0.2, 0) is 13.0 Å². The van der Waals surface area contributed by atoms with Gasteiger partial charge in [0.15, 0.2) is 0 Å². The largest absolute Gasteiger partial charge is 0.364 e. The molecule has 1 aromatic heterocycles. The third-order valence-electron chi connectivity index (χ3n) is 4.00. The Bertz CT molecular complexity index is 553. The second kappa shape index (κ2) is 5.89. The lowest BCUT2D eigenvalue weighted by molar-refractivity contribution is 0.283. The zero-order chi connectivity index (χ0) is 13.9. The molecule has 0 saturated heterocycles. The lowest BCUT2D eigenvalue weighted by Gasteiger charge is -2.30. The van der Waals surface area contributed by atoms with Crippen molar-refractivity contribution in [1.82, 2.24) is 14.5 Å². The summed E-state index contributed by atoms with van der Waals surface area (Å²) in [6.45, 7) is 1.89. The van der Waals surface area contributed by atoms with E-state index >= 15 is 0 Å². The lowest BCUT2D eigenvalue weighted by atomic mass is 10.1. The van der Waals surface area contributed by atoms with Gasteiger partial charge in [0.2, 0.25) is 0 Å². The van der Waals surface area contributed by atoms with E-state index in [9.17, 15) is 0 Å². The zero-order valence-corrected chi connectivity index (χ0v) is 12.8. The van der Waals surface area contributed by atoms with E-state index in [4.69, 9.17) is 0 Å². The van der Waals surface area contributed by atoms with Gasteiger partial charge in [-0.05, 0) is 50.1 Å². The van der Waals surface area contributed by atoms with Crippen LogP contribution < -0.4 is 4.90 Å². The highest BCUT2D eigenvalue weighted by Gasteiger charge is 2.23. The molecule has 0 radical (unpaired) electrons. The summed E-state index contributed by atoms with van der Waals surface area (Å²) in [4.78, 5) is 4.78. The van der Waals surface area contributed by atoms with Crippen LogP contribution in [0.3, 0.4) is 0 Å². The Kier molecular flexibility index (Phi) is 3.98. The van der Waals surface area contributed by atoms with Gasteiger partial charge < -0.3 is 9.80 Å². The fraction of sp³-hybridized carbons (Fsp3) is 0.467. The molecule has 1 aliphatic rings. The number of nitrogens with zero attached hydrogens (tertiary/aromatic N) is 4. The Morgan fingerprint density at radius 1 is 1.35 bits per heavy atom. The van der Waals surface area contributed by atoms with Gasteiger partial charge in [0.1, 0.15) is 0 Å². The summed E-state index contributed by atoms with van der Waals surface area (Å²) in [5, 5.41) is 6.24. The minimum atomic E-state index is 0.578. The van der Waals surface area contributed by atoms with Crippen molar-refractivity contribution < 1.29 is 0 Å². The molecule has 2 aromatic rings. The zero-order valence-electron chi connectivity index (χ0n) is 12.0. The van der Waals surface area contributed by atoms with Crippen molar-refractivity contribution in [3.8, 4) is 0 Å². The molecule has 1 aromatic carbocycles. The number of hydrogen-bond donors (Lipinski definition) is 0. The summed E-state index contributed by atoms with van der Waals surface area (Å²) in [5.74, 6) is 0. The molecule has 0 spiro atoms. The molecule has 1 atom stereocenters. The summed E-state index contributed by atoms with van der Waals surface area (Å²) in [5.41, 5.74) is 3.86. The van der Waals surface area contributed by atoms with Crippen molar-refractivity contribution in [2.75, 3.05) is 25.5 Å². The van der Waals surface area contributed by atoms with E-state index in [1.54, 1.807) is 0 Å². The van der Waals surface area contributed by atoms with Crippen LogP contribution in [-0.4, -0.2) is 41.2 Å². The fourth-order valence-corrected chi connectivity index (χ4v) is 3.26. The number of fused-ring (bicyclic) bond motifs is 1. The minimum Gasteiger partial charge on any atom is -0.364 e. The molecule has 20 heavy (non-hydrogen) atoms. The lowest BCUT2D eigenvalue weighted by Crippen LogP contribution is -2.39. The molecule has 0 amide bonds. The third-order valence-corrected chi connectivity index (χ3v) is 4.55. The molecule has 0 N–H and O–H groups in total. The van der Waals surface area contributed by atoms with Crippen LogP contribution in [0.15, 0.2) is 29.6 Å². The number of rotatable bonds is 3. The number of anilines is 1. The van der Waals surface area contributed by atoms with E-state index in [2.05, 4.69) is 57.7 Å². The van der Waals surface area contributed by atoms with Crippen LogP contribution in [0.5, 0.6) is 0 Å². The topological polar surface area (TPSA) is 32.3 Å². The number of likely N-dealkylation sites (N-methyl/N-ethyl adjacent to an activating group) is 1. The molecule has 1 aliphatic heterocycles. The van der Waals surface area contributed by atoms with Crippen molar-refractivity contribution in [3.63, 3.8) is 0 Å². The molecule has 0 fully saturated rings. The average Bonchev–Trinajstić information content (AvgIpc) is 2.88. The highest BCUT2D eigenvalue weighted by molar-refractivity contribution is 7.03. The molecule has 2 heterocycles. The van der Waals surface area contributed by atoms with Crippen LogP contribution in [0, 0.1) is 0 Å². The molecular formula is C15H20N4S. The van der Waals surface area contributed by atoms with Gasteiger partial charge in [0.25, 0.3) is 0 Å². The maximum atomic E-state index is 4.20. The summed E-state index contributed by atoms with van der Waals surface area (Å²) in [6.07, 6.45) is 2.35. The maximum Gasteiger partial charge on any atom is 0.0948 e. The van der Waals surface area contributed by atoms with Crippen molar-refractivity contribution in [2.45, 2.75) is 25.4 Å². The molecule has 4 nitrogen and oxygen atoms in total. The van der Waals surface area contributed by atoms with Crippen molar-refractivity contribution in [1.29, 1.82) is 0 Å². The molecule has 106 valence electrons. The predicted octanol–water partition coefficient (Wildman–Crippen LogP) is 2.42. The second-order valence-corrected chi connectivity index (χ2v) is 6.17. The highest BCUT2D eigenvalue weighted by atomic mass is 32.1. The molecule has 0 saturated carbocycles. The monoisotopic (exact) mass is 288 g/mol. The van der Waals surface area contributed by atoms with Gasteiger partial charge in [-0.3, -0.25) is 0 Å². The summed E-state index contributed by atoms with van der Waals surface area (Å²) >= 11 is 1.42. The molecular weight excluding hydrogens is 268 g/mol. The Balaban J connectivity index is 1.90. The van der Waals surface area contributed by atoms with Crippen LogP contribution in [0.2, 0.25) is 0 Å². The van der Waals surface area contributed by atoms with Gasteiger partial charge in [-0.1, -0.05) is 22.7 Å². The van der Waals surface area contributed by atoms with E-state index in [1.807, 2.05) is 5.38 Å². The van der Waals surface area contributed by atoms with E-state index in [1.165, 1.54) is 29.2 Å². The second-order valence-electron chi connectivity index (χ2n) is 5.56. The molecule has 0 aliphatic carbocycles. The summed E-state index contributed by atoms with van der Waals surface area (Å²) in [6, 6.07) is 9.32. The van der Waals surface area contributed by atoms with E-state index < -0.39 is 0 Å². The Hall–Kier alpha value is -1.46. The van der Waals surface area contributed by atoms with Gasteiger partial charge in [0.05, 0.1) is 12.2 Å². The standard InChI is InChI=1S/C15H20N4S/c1-18(2)14-8-7-12-5-3-4-6-15(12)19(10-14)9-13-11-20-17-16-13/h3-6,11,14H,7-10H2,1-2H3. The van der Waals surface area contributed by atoms with Gasteiger partial charge in [-0.25, -0.2) is 0 Å². The first kappa shape index (κ1) is 13.5. The first-order chi connectivity index (χ1) is 9.74. The Morgan fingerprint density at radius 3 is 2.95 bits per heavy atom. The van der Waals surface area contributed by atoms with Crippen LogP contribution >= 0.6 is 11.5 Å².